The molecule has 1 heterocycles. The summed E-state index contributed by atoms with van der Waals surface area (Å²) in [5.74, 6) is 2.29. The first-order chi connectivity index (χ1) is 11.1. The fourth-order valence-corrected chi connectivity index (χ4v) is 2.66. The van der Waals surface area contributed by atoms with Crippen molar-refractivity contribution < 1.29 is 9.72 Å². The van der Waals surface area contributed by atoms with Crippen LogP contribution in [0.25, 0.3) is 0 Å². The van der Waals surface area contributed by atoms with Gasteiger partial charge < -0.3 is 10.2 Å². The van der Waals surface area contributed by atoms with Gasteiger partial charge >= 0.3 is 0 Å². The number of carbonyl (C=O) groups excluding carboxylic acids is 1. The molecule has 0 aromatic heterocycles. The fraction of sp³-hybridized carbons (Fsp3) is 0.438. The number of hydrogen-bond donors (Lipinski definition) is 1. The summed E-state index contributed by atoms with van der Waals surface area (Å²) in [6.07, 6.45) is 5.98. The van der Waals surface area contributed by atoms with Crippen LogP contribution in [0.5, 0.6) is 0 Å². The Kier molecular flexibility index (Phi) is 5.55. The Bertz CT molecular complexity index is 631. The molecule has 0 bridgehead atoms. The third-order valence-corrected chi connectivity index (χ3v) is 3.95. The average molecular weight is 316 g/mol. The van der Waals surface area contributed by atoms with Gasteiger partial charge in [0.25, 0.3) is 11.6 Å². The Hall–Kier alpha value is -2.59. The number of hydrogen-bond acceptors (Lipinski definition) is 5. The molecule has 0 aliphatic carbocycles. The van der Waals surface area contributed by atoms with Crippen LogP contribution in [0, 0.1) is 22.5 Å². The van der Waals surface area contributed by atoms with Crippen molar-refractivity contribution in [1.82, 2.24) is 10.2 Å². The molecule has 7 heteroatoms. The molecule has 1 aromatic rings. The lowest BCUT2D eigenvalue weighted by Gasteiger charge is -2.35. The van der Waals surface area contributed by atoms with E-state index in [1.807, 2.05) is 4.90 Å². The van der Waals surface area contributed by atoms with E-state index in [9.17, 15) is 14.9 Å². The zero-order valence-corrected chi connectivity index (χ0v) is 13.1. The van der Waals surface area contributed by atoms with E-state index in [0.717, 1.165) is 19.6 Å². The highest BCUT2D eigenvalue weighted by molar-refractivity contribution is 5.95. The number of nitro benzene ring substituents is 1. The first-order valence-corrected chi connectivity index (χ1v) is 7.48. The highest BCUT2D eigenvalue weighted by atomic mass is 16.6. The molecule has 1 aliphatic rings. The molecule has 1 N–H and O–H groups in total. The monoisotopic (exact) mass is 316 g/mol. The van der Waals surface area contributed by atoms with Gasteiger partial charge in [-0.2, -0.15) is 0 Å². The van der Waals surface area contributed by atoms with Crippen LogP contribution >= 0.6 is 0 Å². The minimum absolute atomic E-state index is 0.0387. The van der Waals surface area contributed by atoms with Crippen molar-refractivity contribution in [3.05, 3.63) is 33.9 Å². The van der Waals surface area contributed by atoms with Crippen molar-refractivity contribution in [2.75, 3.05) is 44.7 Å². The fourth-order valence-electron chi connectivity index (χ4n) is 2.66. The summed E-state index contributed by atoms with van der Waals surface area (Å²) in [5, 5.41) is 13.8. The van der Waals surface area contributed by atoms with Crippen LogP contribution in [0.4, 0.5) is 11.4 Å². The van der Waals surface area contributed by atoms with Gasteiger partial charge in [0.15, 0.2) is 0 Å². The number of rotatable bonds is 5. The van der Waals surface area contributed by atoms with Crippen molar-refractivity contribution >= 4 is 17.3 Å². The van der Waals surface area contributed by atoms with Crippen LogP contribution in [-0.4, -0.2) is 55.5 Å². The average Bonchev–Trinajstić information content (AvgIpc) is 2.59. The number of nitro groups is 1. The van der Waals surface area contributed by atoms with Crippen LogP contribution in [-0.2, 0) is 0 Å². The first kappa shape index (κ1) is 16.8. The zero-order chi connectivity index (χ0) is 16.8. The predicted octanol–water partition coefficient (Wildman–Crippen LogP) is 1.10. The second kappa shape index (κ2) is 7.61. The largest absolute Gasteiger partial charge is 0.363 e. The van der Waals surface area contributed by atoms with E-state index >= 15 is 0 Å². The SMILES string of the molecule is C#CCCN1CCN(c2ccc(C(=O)NC)cc2[N+](=O)[O-])CC1. The van der Waals surface area contributed by atoms with E-state index in [4.69, 9.17) is 6.42 Å². The van der Waals surface area contributed by atoms with Crippen LogP contribution in [0.1, 0.15) is 16.8 Å². The summed E-state index contributed by atoms with van der Waals surface area (Å²) >= 11 is 0. The lowest BCUT2D eigenvalue weighted by molar-refractivity contribution is -0.384. The van der Waals surface area contributed by atoms with Crippen LogP contribution in [0.15, 0.2) is 18.2 Å². The minimum atomic E-state index is -0.438. The van der Waals surface area contributed by atoms with Gasteiger partial charge in [0.1, 0.15) is 5.69 Å². The normalized spacial score (nSPS) is 15.0. The smallest absolute Gasteiger partial charge is 0.293 e. The summed E-state index contributed by atoms with van der Waals surface area (Å²) in [4.78, 5) is 26.8. The number of amides is 1. The Labute approximate surface area is 135 Å². The number of nitrogens with zero attached hydrogens (tertiary/aromatic N) is 3. The van der Waals surface area contributed by atoms with Crippen molar-refractivity contribution in [3.8, 4) is 12.3 Å². The van der Waals surface area contributed by atoms with E-state index in [0.29, 0.717) is 25.2 Å². The van der Waals surface area contributed by atoms with Crippen molar-refractivity contribution in [2.24, 2.45) is 0 Å². The van der Waals surface area contributed by atoms with Crippen molar-refractivity contribution in [1.29, 1.82) is 0 Å². The molecule has 23 heavy (non-hydrogen) atoms. The summed E-state index contributed by atoms with van der Waals surface area (Å²) < 4.78 is 0. The maximum atomic E-state index is 11.6. The molecular weight excluding hydrogens is 296 g/mol. The molecule has 1 saturated heterocycles. The lowest BCUT2D eigenvalue weighted by atomic mass is 10.1. The van der Waals surface area contributed by atoms with Gasteiger partial charge in [-0.15, -0.1) is 12.3 Å². The summed E-state index contributed by atoms with van der Waals surface area (Å²) in [7, 11) is 1.50. The number of carbonyl (C=O) groups is 1. The molecule has 0 saturated carbocycles. The molecule has 2 rings (SSSR count). The molecule has 1 aliphatic heterocycles. The van der Waals surface area contributed by atoms with Crippen LogP contribution in [0.2, 0.25) is 0 Å². The van der Waals surface area contributed by atoms with E-state index in [2.05, 4.69) is 16.1 Å². The van der Waals surface area contributed by atoms with Crippen LogP contribution < -0.4 is 10.2 Å². The van der Waals surface area contributed by atoms with Gasteiger partial charge in [-0.05, 0) is 12.1 Å². The zero-order valence-electron chi connectivity index (χ0n) is 13.1. The Morgan fingerprint density at radius 2 is 2.09 bits per heavy atom. The number of terminal acetylenes is 1. The standard InChI is InChI=1S/C16H20N4O3/c1-3-4-7-18-8-10-19(11-9-18)14-6-5-13(16(21)17-2)12-15(14)20(22)23/h1,5-6,12H,4,7-11H2,2H3,(H,17,21). The first-order valence-electron chi connectivity index (χ1n) is 7.48. The van der Waals surface area contributed by atoms with E-state index in [1.54, 1.807) is 12.1 Å². The van der Waals surface area contributed by atoms with E-state index < -0.39 is 4.92 Å². The molecule has 0 spiro atoms. The van der Waals surface area contributed by atoms with Gasteiger partial charge in [0.2, 0.25) is 0 Å². The molecule has 0 unspecified atom stereocenters. The molecule has 122 valence electrons. The Morgan fingerprint density at radius 3 is 2.65 bits per heavy atom. The highest BCUT2D eigenvalue weighted by Crippen LogP contribution is 2.30. The summed E-state index contributed by atoms with van der Waals surface area (Å²) in [5.41, 5.74) is 0.804. The van der Waals surface area contributed by atoms with Gasteiger partial charge in [0.05, 0.1) is 4.92 Å². The lowest BCUT2D eigenvalue weighted by Crippen LogP contribution is -2.46. The molecule has 0 radical (unpaired) electrons. The molecule has 1 fully saturated rings. The van der Waals surface area contributed by atoms with E-state index in [-0.39, 0.29) is 17.2 Å². The molecule has 1 aromatic carbocycles. The molecule has 1 amide bonds. The topological polar surface area (TPSA) is 78.7 Å². The third kappa shape index (κ3) is 3.99. The second-order valence-corrected chi connectivity index (χ2v) is 5.32. The molecular formula is C16H20N4O3. The van der Waals surface area contributed by atoms with Crippen molar-refractivity contribution in [2.45, 2.75) is 6.42 Å². The number of piperazine rings is 1. The highest BCUT2D eigenvalue weighted by Gasteiger charge is 2.24. The van der Waals surface area contributed by atoms with Gasteiger partial charge in [-0.1, -0.05) is 0 Å². The Balaban J connectivity index is 2.15. The number of nitrogens with one attached hydrogen (secondary N) is 1. The predicted molar refractivity (Wildman–Crippen MR) is 88.6 cm³/mol. The molecule has 7 nitrogen and oxygen atoms in total. The quantitative estimate of drug-likeness (QED) is 0.500. The third-order valence-electron chi connectivity index (χ3n) is 3.95. The maximum Gasteiger partial charge on any atom is 0.293 e. The summed E-state index contributed by atoms with van der Waals surface area (Å²) in [6, 6.07) is 4.60. The molecule has 0 atom stereocenters. The minimum Gasteiger partial charge on any atom is -0.363 e. The number of benzene rings is 1. The van der Waals surface area contributed by atoms with Crippen LogP contribution in [0.3, 0.4) is 0 Å². The number of anilines is 1. The Morgan fingerprint density at radius 1 is 1.39 bits per heavy atom. The maximum absolute atomic E-state index is 11.6. The summed E-state index contributed by atoms with van der Waals surface area (Å²) in [6.45, 7) is 3.88. The van der Waals surface area contributed by atoms with Gasteiger partial charge in [-0.25, -0.2) is 0 Å². The van der Waals surface area contributed by atoms with Gasteiger partial charge in [0, 0.05) is 57.8 Å². The van der Waals surface area contributed by atoms with E-state index in [1.165, 1.54) is 13.1 Å². The van der Waals surface area contributed by atoms with Crippen molar-refractivity contribution in [3.63, 3.8) is 0 Å². The van der Waals surface area contributed by atoms with Gasteiger partial charge in [-0.3, -0.25) is 19.8 Å². The second-order valence-electron chi connectivity index (χ2n) is 5.32.